The van der Waals surface area contributed by atoms with Gasteiger partial charge in [0.25, 0.3) is 0 Å². The van der Waals surface area contributed by atoms with E-state index in [-0.39, 0.29) is 28.9 Å². The van der Waals surface area contributed by atoms with Crippen LogP contribution in [-0.4, -0.2) is 7.11 Å². The van der Waals surface area contributed by atoms with Crippen molar-refractivity contribution in [2.24, 2.45) is 0 Å². The minimum atomic E-state index is -4.85. The van der Waals surface area contributed by atoms with Gasteiger partial charge in [-0.25, -0.2) is 0 Å². The maximum atomic E-state index is 13.8. The van der Waals surface area contributed by atoms with Crippen LogP contribution in [0.2, 0.25) is 0 Å². The molecule has 0 aliphatic carbocycles. The summed E-state index contributed by atoms with van der Waals surface area (Å²) in [6, 6.07) is 17.4. The molecule has 0 spiro atoms. The molecule has 0 amide bonds. The normalized spacial score (nSPS) is 11.5. The summed E-state index contributed by atoms with van der Waals surface area (Å²) in [7, 11) is 1.55. The Labute approximate surface area is 189 Å². The van der Waals surface area contributed by atoms with E-state index in [0.717, 1.165) is 5.56 Å². The van der Waals surface area contributed by atoms with Gasteiger partial charge in [0.05, 0.1) is 18.1 Å². The van der Waals surface area contributed by atoms with Crippen LogP contribution in [0.3, 0.4) is 0 Å². The summed E-state index contributed by atoms with van der Waals surface area (Å²) < 4.78 is 58.1. The fourth-order valence-corrected chi connectivity index (χ4v) is 3.53. The molecule has 4 nitrogen and oxygen atoms in total. The van der Waals surface area contributed by atoms with Crippen molar-refractivity contribution in [1.29, 1.82) is 0 Å². The molecule has 0 radical (unpaired) electrons. The number of ether oxygens (including phenoxy) is 2. The molecule has 32 heavy (non-hydrogen) atoms. The van der Waals surface area contributed by atoms with E-state index in [9.17, 15) is 18.0 Å². The first-order valence-electron chi connectivity index (χ1n) is 9.46. The summed E-state index contributed by atoms with van der Waals surface area (Å²) in [5.74, 6) is -0.416. The lowest BCUT2D eigenvalue weighted by atomic mass is 10.0. The molecule has 0 saturated carbocycles. The largest absolute Gasteiger partial charge is 0.497 e. The minimum absolute atomic E-state index is 0.0321. The van der Waals surface area contributed by atoms with Crippen LogP contribution in [0.5, 0.6) is 11.5 Å². The molecule has 8 heteroatoms. The van der Waals surface area contributed by atoms with Gasteiger partial charge in [0.15, 0.2) is 0 Å². The van der Waals surface area contributed by atoms with Gasteiger partial charge in [0.1, 0.15) is 23.7 Å². The second-order valence-corrected chi connectivity index (χ2v) is 7.85. The van der Waals surface area contributed by atoms with Crippen molar-refractivity contribution in [2.45, 2.75) is 12.8 Å². The molecule has 0 saturated heterocycles. The first kappa shape index (κ1) is 22.0. The third-order valence-electron chi connectivity index (χ3n) is 4.79. The highest BCUT2D eigenvalue weighted by Crippen LogP contribution is 2.38. The van der Waals surface area contributed by atoms with Gasteiger partial charge in [0.2, 0.25) is 11.2 Å². The number of alkyl halides is 3. The number of halogens is 4. The van der Waals surface area contributed by atoms with Crippen molar-refractivity contribution in [3.8, 4) is 22.6 Å². The average Bonchev–Trinajstić information content (AvgIpc) is 2.78. The lowest BCUT2D eigenvalue weighted by Crippen LogP contribution is -2.16. The Morgan fingerprint density at radius 3 is 2.41 bits per heavy atom. The van der Waals surface area contributed by atoms with Gasteiger partial charge >= 0.3 is 6.18 Å². The van der Waals surface area contributed by atoms with E-state index >= 15 is 0 Å². The van der Waals surface area contributed by atoms with E-state index in [1.165, 1.54) is 30.3 Å². The predicted octanol–water partition coefficient (Wildman–Crippen LogP) is 6.83. The van der Waals surface area contributed by atoms with Crippen LogP contribution in [0.1, 0.15) is 11.3 Å². The topological polar surface area (TPSA) is 48.7 Å². The highest BCUT2D eigenvalue weighted by molar-refractivity contribution is 9.10. The van der Waals surface area contributed by atoms with Crippen molar-refractivity contribution in [1.82, 2.24) is 0 Å². The number of fused-ring (bicyclic) bond motifs is 1. The molecule has 0 unspecified atom stereocenters. The van der Waals surface area contributed by atoms with E-state index in [2.05, 4.69) is 15.9 Å². The van der Waals surface area contributed by atoms with Crippen LogP contribution in [0.15, 0.2) is 80.4 Å². The average molecular weight is 505 g/mol. The Hall–Kier alpha value is -3.26. The van der Waals surface area contributed by atoms with Crippen LogP contribution in [-0.2, 0) is 12.8 Å². The van der Waals surface area contributed by atoms with E-state index in [1.807, 2.05) is 6.07 Å². The van der Waals surface area contributed by atoms with Crippen LogP contribution in [0.25, 0.3) is 22.1 Å². The highest BCUT2D eigenvalue weighted by atomic mass is 79.9. The zero-order valence-electron chi connectivity index (χ0n) is 16.7. The molecule has 1 aromatic heterocycles. The number of rotatable bonds is 5. The standard InChI is InChI=1S/C24H16BrF3O4/c1-30-17-4-2-3-14(11-17)13-31-18-9-10-19-20(12-18)32-23(24(26,27)28)21(22(19)29)15-5-7-16(25)8-6-15/h2-12H,13H2,1H3. The summed E-state index contributed by atoms with van der Waals surface area (Å²) in [6.07, 6.45) is -4.85. The maximum absolute atomic E-state index is 13.8. The minimum Gasteiger partial charge on any atom is -0.497 e. The van der Waals surface area contributed by atoms with Gasteiger partial charge in [-0.05, 0) is 47.5 Å². The van der Waals surface area contributed by atoms with E-state index in [4.69, 9.17) is 13.9 Å². The van der Waals surface area contributed by atoms with E-state index in [0.29, 0.717) is 10.2 Å². The molecule has 0 N–H and O–H groups in total. The lowest BCUT2D eigenvalue weighted by Gasteiger charge is -2.14. The van der Waals surface area contributed by atoms with Crippen molar-refractivity contribution in [3.05, 3.63) is 92.7 Å². The van der Waals surface area contributed by atoms with Gasteiger partial charge in [-0.3, -0.25) is 4.79 Å². The lowest BCUT2D eigenvalue weighted by molar-refractivity contribution is -0.152. The number of benzene rings is 3. The molecule has 1 heterocycles. The summed E-state index contributed by atoms with van der Waals surface area (Å²) in [5.41, 5.74) is -0.559. The smallest absolute Gasteiger partial charge is 0.450 e. The quantitative estimate of drug-likeness (QED) is 0.299. The summed E-state index contributed by atoms with van der Waals surface area (Å²) in [5, 5.41) is 0.0321. The molecule has 3 aromatic carbocycles. The third kappa shape index (κ3) is 4.50. The summed E-state index contributed by atoms with van der Waals surface area (Å²) in [6.45, 7) is 0.163. The molecule has 0 bridgehead atoms. The van der Waals surface area contributed by atoms with Gasteiger partial charge in [-0.2, -0.15) is 13.2 Å². The molecule has 0 aliphatic heterocycles. The molecule has 4 aromatic rings. The molecule has 164 valence electrons. The Balaban J connectivity index is 1.76. The number of hydrogen-bond donors (Lipinski definition) is 0. The first-order chi connectivity index (χ1) is 15.3. The molecule has 0 fully saturated rings. The monoisotopic (exact) mass is 504 g/mol. The fourth-order valence-electron chi connectivity index (χ4n) is 3.27. The van der Waals surface area contributed by atoms with Gasteiger partial charge in [-0.1, -0.05) is 40.2 Å². The molecule has 0 aliphatic rings. The second kappa shape index (κ2) is 8.70. The fraction of sp³-hybridized carbons (Fsp3) is 0.125. The van der Waals surface area contributed by atoms with Crippen LogP contribution >= 0.6 is 15.9 Å². The number of methoxy groups -OCH3 is 1. The van der Waals surface area contributed by atoms with E-state index < -0.39 is 22.9 Å². The molecule has 4 rings (SSSR count). The Morgan fingerprint density at radius 1 is 0.969 bits per heavy atom. The Bertz CT molecular complexity index is 1330. The first-order valence-corrected chi connectivity index (χ1v) is 10.3. The van der Waals surface area contributed by atoms with E-state index in [1.54, 1.807) is 37.4 Å². The van der Waals surface area contributed by atoms with Crippen LogP contribution in [0.4, 0.5) is 13.2 Å². The van der Waals surface area contributed by atoms with Crippen molar-refractivity contribution in [2.75, 3.05) is 7.11 Å². The molecule has 0 atom stereocenters. The third-order valence-corrected chi connectivity index (χ3v) is 5.32. The summed E-state index contributed by atoms with van der Waals surface area (Å²) >= 11 is 3.24. The van der Waals surface area contributed by atoms with Gasteiger partial charge in [0, 0.05) is 10.5 Å². The summed E-state index contributed by atoms with van der Waals surface area (Å²) in [4.78, 5) is 13.0. The number of hydrogen-bond acceptors (Lipinski definition) is 4. The van der Waals surface area contributed by atoms with Crippen molar-refractivity contribution < 1.29 is 27.1 Å². The predicted molar refractivity (Wildman–Crippen MR) is 118 cm³/mol. The highest BCUT2D eigenvalue weighted by Gasteiger charge is 2.39. The Kier molecular flexibility index (Phi) is 5.97. The zero-order chi connectivity index (χ0) is 22.9. The Morgan fingerprint density at radius 2 is 1.72 bits per heavy atom. The van der Waals surface area contributed by atoms with Crippen LogP contribution in [0, 0.1) is 0 Å². The van der Waals surface area contributed by atoms with Gasteiger partial charge in [-0.15, -0.1) is 0 Å². The van der Waals surface area contributed by atoms with Crippen molar-refractivity contribution >= 4 is 26.9 Å². The second-order valence-electron chi connectivity index (χ2n) is 6.94. The van der Waals surface area contributed by atoms with Crippen molar-refractivity contribution in [3.63, 3.8) is 0 Å². The molecular formula is C24H16BrF3O4. The zero-order valence-corrected chi connectivity index (χ0v) is 18.3. The van der Waals surface area contributed by atoms with Crippen LogP contribution < -0.4 is 14.9 Å². The maximum Gasteiger partial charge on any atom is 0.450 e. The van der Waals surface area contributed by atoms with Gasteiger partial charge < -0.3 is 13.9 Å². The SMILES string of the molecule is COc1cccc(COc2ccc3c(=O)c(-c4ccc(Br)cc4)c(C(F)(F)F)oc3c2)c1. The molecular weight excluding hydrogens is 489 g/mol.